The van der Waals surface area contributed by atoms with Crippen LogP contribution in [0.2, 0.25) is 0 Å². The van der Waals surface area contributed by atoms with Crippen LogP contribution in [0.4, 0.5) is 0 Å². The molecule has 30 heavy (non-hydrogen) atoms. The zero-order valence-corrected chi connectivity index (χ0v) is 17.2. The zero-order chi connectivity index (χ0) is 21.7. The maximum atomic E-state index is 12.2. The second kappa shape index (κ2) is 9.10. The predicted octanol–water partition coefficient (Wildman–Crippen LogP) is 1.65. The lowest BCUT2D eigenvalue weighted by Gasteiger charge is -2.13. The molecule has 0 aliphatic heterocycles. The van der Waals surface area contributed by atoms with E-state index in [-0.39, 0.29) is 11.3 Å². The minimum absolute atomic E-state index is 0.0334. The number of hydrogen-bond acceptors (Lipinski definition) is 5. The van der Waals surface area contributed by atoms with Crippen LogP contribution in [-0.2, 0) is 37.2 Å². The van der Waals surface area contributed by atoms with Crippen LogP contribution in [0.25, 0.3) is 10.9 Å². The Morgan fingerprint density at radius 3 is 2.53 bits per heavy atom. The van der Waals surface area contributed by atoms with Gasteiger partial charge in [0, 0.05) is 23.6 Å². The molecule has 1 heterocycles. The molecule has 3 rings (SSSR count). The number of primary sulfonamides is 1. The largest absolute Gasteiger partial charge is 0.452 e. The van der Waals surface area contributed by atoms with Crippen molar-refractivity contribution in [1.82, 2.24) is 10.3 Å². The molecule has 2 aromatic carbocycles. The number of sulfonamides is 1. The van der Waals surface area contributed by atoms with Crippen molar-refractivity contribution < 1.29 is 22.7 Å². The molecule has 0 aliphatic carbocycles. The molecule has 0 fully saturated rings. The van der Waals surface area contributed by atoms with E-state index in [1.54, 1.807) is 18.3 Å². The van der Waals surface area contributed by atoms with Crippen molar-refractivity contribution in [3.8, 4) is 0 Å². The normalized spacial score (nSPS) is 12.5. The van der Waals surface area contributed by atoms with Crippen molar-refractivity contribution in [2.75, 3.05) is 6.54 Å². The molecule has 4 N–H and O–H groups in total. The van der Waals surface area contributed by atoms with Gasteiger partial charge in [-0.2, -0.15) is 0 Å². The number of H-pyrrole nitrogens is 1. The predicted molar refractivity (Wildman–Crippen MR) is 112 cm³/mol. The van der Waals surface area contributed by atoms with Gasteiger partial charge in [-0.25, -0.2) is 13.6 Å². The Bertz CT molecular complexity index is 1150. The molecule has 158 valence electrons. The topological polar surface area (TPSA) is 131 Å². The molecule has 0 aliphatic rings. The molecule has 1 aromatic heterocycles. The van der Waals surface area contributed by atoms with Gasteiger partial charge < -0.3 is 15.0 Å². The molecule has 9 heteroatoms. The maximum absolute atomic E-state index is 12.2. The number of fused-ring (bicyclic) bond motifs is 1. The van der Waals surface area contributed by atoms with Gasteiger partial charge in [-0.15, -0.1) is 0 Å². The summed E-state index contributed by atoms with van der Waals surface area (Å²) in [5, 5.41) is 8.71. The van der Waals surface area contributed by atoms with Crippen LogP contribution in [-0.4, -0.2) is 37.9 Å². The molecular weight excluding hydrogens is 406 g/mol. The van der Waals surface area contributed by atoms with Crippen molar-refractivity contribution in [2.45, 2.75) is 30.8 Å². The molecular formula is C21H23N3O5S. The Hall–Kier alpha value is -3.17. The third kappa shape index (κ3) is 5.46. The highest BCUT2D eigenvalue weighted by molar-refractivity contribution is 7.89. The van der Waals surface area contributed by atoms with Crippen molar-refractivity contribution in [2.24, 2.45) is 5.14 Å². The quantitative estimate of drug-likeness (QED) is 0.469. The molecule has 0 spiro atoms. The Morgan fingerprint density at radius 1 is 1.13 bits per heavy atom. The minimum Gasteiger partial charge on any atom is -0.452 e. The van der Waals surface area contributed by atoms with E-state index in [0.29, 0.717) is 13.0 Å². The number of benzene rings is 2. The first-order chi connectivity index (χ1) is 14.2. The summed E-state index contributed by atoms with van der Waals surface area (Å²) in [6.07, 6.45) is 1.40. The average molecular weight is 429 g/mol. The van der Waals surface area contributed by atoms with E-state index in [0.717, 1.165) is 22.0 Å². The smallest absolute Gasteiger partial charge is 0.311 e. The first-order valence-electron chi connectivity index (χ1n) is 9.38. The second-order valence-corrected chi connectivity index (χ2v) is 8.46. The molecule has 0 saturated carbocycles. The fourth-order valence-electron chi connectivity index (χ4n) is 3.05. The zero-order valence-electron chi connectivity index (χ0n) is 16.4. The molecule has 1 atom stereocenters. The summed E-state index contributed by atoms with van der Waals surface area (Å²) in [5.41, 5.74) is 2.58. The highest BCUT2D eigenvalue weighted by atomic mass is 32.2. The summed E-state index contributed by atoms with van der Waals surface area (Å²) < 4.78 is 27.8. The van der Waals surface area contributed by atoms with E-state index in [9.17, 15) is 18.0 Å². The van der Waals surface area contributed by atoms with E-state index < -0.39 is 28.0 Å². The molecule has 1 amide bonds. The van der Waals surface area contributed by atoms with Crippen LogP contribution in [0.1, 0.15) is 18.1 Å². The minimum atomic E-state index is -3.73. The van der Waals surface area contributed by atoms with Crippen LogP contribution in [0.15, 0.2) is 59.6 Å². The highest BCUT2D eigenvalue weighted by Gasteiger charge is 2.18. The SMILES string of the molecule is CC(OC(=O)Cc1c[nH]c2ccccc12)C(=O)NCCc1ccc(S(N)(=O)=O)cc1. The highest BCUT2D eigenvalue weighted by Crippen LogP contribution is 2.18. The van der Waals surface area contributed by atoms with Crippen LogP contribution < -0.4 is 10.5 Å². The summed E-state index contributed by atoms with van der Waals surface area (Å²) in [6.45, 7) is 1.83. The van der Waals surface area contributed by atoms with E-state index >= 15 is 0 Å². The number of aromatic nitrogens is 1. The van der Waals surface area contributed by atoms with Gasteiger partial charge >= 0.3 is 5.97 Å². The third-order valence-corrected chi connectivity index (χ3v) is 5.58. The number of aromatic amines is 1. The van der Waals surface area contributed by atoms with E-state index in [2.05, 4.69) is 10.3 Å². The van der Waals surface area contributed by atoms with Crippen molar-refractivity contribution in [1.29, 1.82) is 0 Å². The molecule has 3 aromatic rings. The molecule has 0 radical (unpaired) electrons. The van der Waals surface area contributed by atoms with Gasteiger partial charge in [-0.3, -0.25) is 9.59 Å². The number of ether oxygens (including phenoxy) is 1. The Morgan fingerprint density at radius 2 is 1.83 bits per heavy atom. The summed E-state index contributed by atoms with van der Waals surface area (Å²) >= 11 is 0. The average Bonchev–Trinajstić information content (AvgIpc) is 3.10. The van der Waals surface area contributed by atoms with Gasteiger partial charge in [0.05, 0.1) is 11.3 Å². The van der Waals surface area contributed by atoms with Crippen LogP contribution in [0, 0.1) is 0 Å². The molecule has 8 nitrogen and oxygen atoms in total. The number of nitrogens with one attached hydrogen (secondary N) is 2. The molecule has 1 unspecified atom stereocenters. The van der Waals surface area contributed by atoms with Crippen molar-refractivity contribution >= 4 is 32.8 Å². The lowest BCUT2D eigenvalue weighted by molar-refractivity contribution is -0.154. The molecule has 0 bridgehead atoms. The third-order valence-electron chi connectivity index (χ3n) is 4.65. The number of rotatable bonds is 8. The summed E-state index contributed by atoms with van der Waals surface area (Å²) in [7, 11) is -3.73. The van der Waals surface area contributed by atoms with Gasteiger partial charge in [0.1, 0.15) is 0 Å². The Labute approximate surface area is 174 Å². The standard InChI is InChI=1S/C21H23N3O5S/c1-14(29-20(25)12-16-13-24-19-5-3-2-4-18(16)19)21(26)23-11-10-15-6-8-17(9-7-15)30(22,27)28/h2-9,13-14,24H,10-12H2,1H3,(H,23,26)(H2,22,27,28). The maximum Gasteiger partial charge on any atom is 0.311 e. The van der Waals surface area contributed by atoms with Crippen LogP contribution in [0.5, 0.6) is 0 Å². The second-order valence-electron chi connectivity index (χ2n) is 6.90. The number of carbonyl (C=O) groups is 2. The summed E-state index contributed by atoms with van der Waals surface area (Å²) in [6, 6.07) is 13.7. The van der Waals surface area contributed by atoms with Gasteiger partial charge in [0.15, 0.2) is 6.10 Å². The fraction of sp³-hybridized carbons (Fsp3) is 0.238. The lowest BCUT2D eigenvalue weighted by Crippen LogP contribution is -2.37. The summed E-state index contributed by atoms with van der Waals surface area (Å²) in [5.74, 6) is -0.885. The number of carbonyl (C=O) groups excluding carboxylic acids is 2. The lowest BCUT2D eigenvalue weighted by atomic mass is 10.1. The van der Waals surface area contributed by atoms with Crippen LogP contribution in [0.3, 0.4) is 0 Å². The first-order valence-corrected chi connectivity index (χ1v) is 10.9. The monoisotopic (exact) mass is 429 g/mol. The van der Waals surface area contributed by atoms with Gasteiger partial charge in [0.2, 0.25) is 10.0 Å². The van der Waals surface area contributed by atoms with E-state index in [1.165, 1.54) is 19.1 Å². The molecule has 0 saturated heterocycles. The number of amides is 1. The van der Waals surface area contributed by atoms with Crippen molar-refractivity contribution in [3.63, 3.8) is 0 Å². The Balaban J connectivity index is 1.45. The van der Waals surface area contributed by atoms with Crippen molar-refractivity contribution in [3.05, 3.63) is 65.9 Å². The number of nitrogens with two attached hydrogens (primary N) is 1. The summed E-state index contributed by atoms with van der Waals surface area (Å²) in [4.78, 5) is 27.5. The van der Waals surface area contributed by atoms with Gasteiger partial charge in [-0.1, -0.05) is 30.3 Å². The van der Waals surface area contributed by atoms with E-state index in [4.69, 9.17) is 9.88 Å². The number of para-hydroxylation sites is 1. The van der Waals surface area contributed by atoms with E-state index in [1.807, 2.05) is 24.3 Å². The Kier molecular flexibility index (Phi) is 6.53. The van der Waals surface area contributed by atoms with Gasteiger partial charge in [-0.05, 0) is 42.7 Å². The van der Waals surface area contributed by atoms with Gasteiger partial charge in [0.25, 0.3) is 5.91 Å². The number of esters is 1. The fourth-order valence-corrected chi connectivity index (χ4v) is 3.56. The number of hydrogen-bond donors (Lipinski definition) is 3. The van der Waals surface area contributed by atoms with Crippen LogP contribution >= 0.6 is 0 Å². The first kappa shape index (κ1) is 21.5.